The molecular weight excluding hydrogens is 382 g/mol. The Kier molecular flexibility index (Phi) is 5.10. The summed E-state index contributed by atoms with van der Waals surface area (Å²) in [4.78, 5) is 5.35. The van der Waals surface area contributed by atoms with Crippen molar-refractivity contribution in [3.05, 3.63) is 34.0 Å². The number of ether oxygens (including phenoxy) is 2. The maximum Gasteiger partial charge on any atom is 0.277 e. The maximum absolute atomic E-state index is 5.89. The van der Waals surface area contributed by atoms with Crippen LogP contribution >= 0.6 is 23.1 Å². The molecule has 0 N–H and O–H groups in total. The Balaban J connectivity index is 1.52. The van der Waals surface area contributed by atoms with Crippen molar-refractivity contribution >= 4 is 23.1 Å². The lowest BCUT2D eigenvalue weighted by atomic mass is 10.1. The van der Waals surface area contributed by atoms with Crippen molar-refractivity contribution in [2.45, 2.75) is 51.2 Å². The van der Waals surface area contributed by atoms with Crippen molar-refractivity contribution in [1.29, 1.82) is 0 Å². The summed E-state index contributed by atoms with van der Waals surface area (Å²) in [6, 6.07) is 4.17. The summed E-state index contributed by atoms with van der Waals surface area (Å²) in [5, 5.41) is 9.87. The molecule has 1 atom stereocenters. The van der Waals surface area contributed by atoms with Crippen LogP contribution in [0.5, 0.6) is 11.5 Å². The van der Waals surface area contributed by atoms with Crippen LogP contribution in [-0.4, -0.2) is 27.9 Å². The minimum absolute atomic E-state index is 0.210. The van der Waals surface area contributed by atoms with Gasteiger partial charge in [-0.05, 0) is 39.8 Å². The number of hydrogen-bond acceptors (Lipinski definition) is 8. The minimum Gasteiger partial charge on any atom is -0.494 e. The number of aromatic nitrogens is 3. The second-order valence-electron chi connectivity index (χ2n) is 6.44. The summed E-state index contributed by atoms with van der Waals surface area (Å²) in [6.07, 6.45) is 1.13. The van der Waals surface area contributed by atoms with Gasteiger partial charge in [0.05, 0.1) is 17.3 Å². The molecule has 0 radical (unpaired) electrons. The van der Waals surface area contributed by atoms with E-state index < -0.39 is 0 Å². The third kappa shape index (κ3) is 3.82. The maximum atomic E-state index is 5.89. The SMILES string of the molecule is CCOc1cc2c(cc1CSc1nnc(-c3sc(C)nc3C)o1)OC(C)C2. The number of benzene rings is 1. The van der Waals surface area contributed by atoms with Crippen LogP contribution in [0.2, 0.25) is 0 Å². The molecule has 3 heterocycles. The van der Waals surface area contributed by atoms with Gasteiger partial charge in [-0.3, -0.25) is 0 Å². The number of nitrogens with zero attached hydrogens (tertiary/aromatic N) is 3. The monoisotopic (exact) mass is 403 g/mol. The van der Waals surface area contributed by atoms with Crippen LogP contribution in [0.4, 0.5) is 0 Å². The molecule has 1 aliphatic heterocycles. The van der Waals surface area contributed by atoms with Crippen LogP contribution in [0, 0.1) is 13.8 Å². The highest BCUT2D eigenvalue weighted by Crippen LogP contribution is 2.38. The van der Waals surface area contributed by atoms with Gasteiger partial charge < -0.3 is 13.9 Å². The van der Waals surface area contributed by atoms with Crippen molar-refractivity contribution in [3.8, 4) is 22.3 Å². The average Bonchev–Trinajstić information content (AvgIpc) is 3.30. The largest absolute Gasteiger partial charge is 0.494 e. The van der Waals surface area contributed by atoms with Crippen molar-refractivity contribution in [2.75, 3.05) is 6.61 Å². The molecule has 8 heteroatoms. The van der Waals surface area contributed by atoms with Crippen LogP contribution in [0.25, 0.3) is 10.8 Å². The zero-order valence-corrected chi connectivity index (χ0v) is 17.4. The third-order valence-electron chi connectivity index (χ3n) is 4.23. The molecule has 0 saturated heterocycles. The Hall–Kier alpha value is -2.06. The lowest BCUT2D eigenvalue weighted by Crippen LogP contribution is -2.05. The van der Waals surface area contributed by atoms with Crippen LogP contribution in [0.1, 0.15) is 35.7 Å². The van der Waals surface area contributed by atoms with Gasteiger partial charge in [0.1, 0.15) is 22.5 Å². The summed E-state index contributed by atoms with van der Waals surface area (Å²) in [7, 11) is 0. The Morgan fingerprint density at radius 3 is 2.89 bits per heavy atom. The molecule has 0 amide bonds. The van der Waals surface area contributed by atoms with E-state index >= 15 is 0 Å². The normalized spacial score (nSPS) is 15.6. The van der Waals surface area contributed by atoms with E-state index in [0.717, 1.165) is 39.1 Å². The van der Waals surface area contributed by atoms with Gasteiger partial charge in [-0.1, -0.05) is 11.8 Å². The van der Waals surface area contributed by atoms with E-state index in [-0.39, 0.29) is 6.10 Å². The fraction of sp³-hybridized carbons (Fsp3) is 0.421. The molecule has 0 spiro atoms. The number of thioether (sulfide) groups is 1. The number of aryl methyl sites for hydroxylation is 2. The Morgan fingerprint density at radius 2 is 2.15 bits per heavy atom. The lowest BCUT2D eigenvalue weighted by Gasteiger charge is -2.11. The molecule has 1 unspecified atom stereocenters. The van der Waals surface area contributed by atoms with E-state index in [1.54, 1.807) is 11.3 Å². The van der Waals surface area contributed by atoms with E-state index in [2.05, 4.69) is 34.2 Å². The van der Waals surface area contributed by atoms with E-state index in [0.29, 0.717) is 23.5 Å². The summed E-state index contributed by atoms with van der Waals surface area (Å²) in [5.41, 5.74) is 3.19. The Morgan fingerprint density at radius 1 is 1.30 bits per heavy atom. The van der Waals surface area contributed by atoms with Gasteiger partial charge in [-0.15, -0.1) is 21.5 Å². The first-order chi connectivity index (χ1) is 13.0. The van der Waals surface area contributed by atoms with E-state index in [1.807, 2.05) is 20.8 Å². The van der Waals surface area contributed by atoms with Crippen LogP contribution < -0.4 is 9.47 Å². The second kappa shape index (κ2) is 7.52. The summed E-state index contributed by atoms with van der Waals surface area (Å²) in [6.45, 7) is 8.63. The Labute approximate surface area is 166 Å². The standard InChI is InChI=1S/C19H21N3O3S2/c1-5-23-15-7-13-6-10(2)24-16(13)8-14(15)9-26-19-22-21-18(25-19)17-11(3)20-12(4)27-17/h7-8,10H,5-6,9H2,1-4H3. The second-order valence-corrected chi connectivity index (χ2v) is 8.57. The van der Waals surface area contributed by atoms with Gasteiger partial charge in [0.2, 0.25) is 0 Å². The Bertz CT molecular complexity index is 967. The number of hydrogen-bond donors (Lipinski definition) is 0. The third-order valence-corrected chi connectivity index (χ3v) is 6.16. The smallest absolute Gasteiger partial charge is 0.277 e. The molecule has 142 valence electrons. The van der Waals surface area contributed by atoms with Crippen molar-refractivity contribution in [1.82, 2.24) is 15.2 Å². The first kappa shape index (κ1) is 18.3. The van der Waals surface area contributed by atoms with Gasteiger partial charge in [0, 0.05) is 23.3 Å². The fourth-order valence-electron chi connectivity index (χ4n) is 3.11. The predicted octanol–water partition coefficient (Wildman–Crippen LogP) is 4.82. The topological polar surface area (TPSA) is 70.3 Å². The number of thiazole rings is 1. The number of rotatable bonds is 6. The highest BCUT2D eigenvalue weighted by atomic mass is 32.2. The molecule has 0 saturated carbocycles. The van der Waals surface area contributed by atoms with Gasteiger partial charge in [0.15, 0.2) is 0 Å². The minimum atomic E-state index is 0.210. The van der Waals surface area contributed by atoms with Crippen LogP contribution in [0.3, 0.4) is 0 Å². The van der Waals surface area contributed by atoms with Crippen molar-refractivity contribution in [2.24, 2.45) is 0 Å². The molecule has 1 aliphatic rings. The number of fused-ring (bicyclic) bond motifs is 1. The van der Waals surface area contributed by atoms with Crippen LogP contribution in [-0.2, 0) is 12.2 Å². The molecule has 6 nitrogen and oxygen atoms in total. The zero-order valence-electron chi connectivity index (χ0n) is 15.7. The average molecular weight is 404 g/mol. The molecule has 0 bridgehead atoms. The molecule has 2 aromatic heterocycles. The van der Waals surface area contributed by atoms with Gasteiger partial charge in [-0.25, -0.2) is 4.98 Å². The molecule has 0 fully saturated rings. The quantitative estimate of drug-likeness (QED) is 0.546. The highest BCUT2D eigenvalue weighted by molar-refractivity contribution is 7.98. The summed E-state index contributed by atoms with van der Waals surface area (Å²) >= 11 is 3.06. The van der Waals surface area contributed by atoms with Crippen molar-refractivity contribution < 1.29 is 13.9 Å². The molecule has 4 rings (SSSR count). The van der Waals surface area contributed by atoms with Gasteiger partial charge in [-0.2, -0.15) is 0 Å². The van der Waals surface area contributed by atoms with E-state index in [1.165, 1.54) is 17.3 Å². The highest BCUT2D eigenvalue weighted by Gasteiger charge is 2.22. The lowest BCUT2D eigenvalue weighted by molar-refractivity contribution is 0.254. The predicted molar refractivity (Wildman–Crippen MR) is 106 cm³/mol. The molecule has 1 aromatic carbocycles. The first-order valence-corrected chi connectivity index (χ1v) is 10.7. The van der Waals surface area contributed by atoms with Crippen LogP contribution in [0.15, 0.2) is 21.8 Å². The zero-order chi connectivity index (χ0) is 19.0. The fourth-order valence-corrected chi connectivity index (χ4v) is 4.70. The summed E-state index contributed by atoms with van der Waals surface area (Å²) in [5.74, 6) is 3.04. The molecule has 3 aromatic rings. The molecular formula is C19H21N3O3S2. The molecule has 0 aliphatic carbocycles. The van der Waals surface area contributed by atoms with E-state index in [9.17, 15) is 0 Å². The molecule has 27 heavy (non-hydrogen) atoms. The van der Waals surface area contributed by atoms with Gasteiger partial charge in [0.25, 0.3) is 11.1 Å². The first-order valence-electron chi connectivity index (χ1n) is 8.89. The van der Waals surface area contributed by atoms with Crippen molar-refractivity contribution in [3.63, 3.8) is 0 Å². The van der Waals surface area contributed by atoms with E-state index in [4.69, 9.17) is 13.9 Å². The summed E-state index contributed by atoms with van der Waals surface area (Å²) < 4.78 is 17.6. The van der Waals surface area contributed by atoms with Gasteiger partial charge >= 0.3 is 0 Å².